The molecule has 0 spiro atoms. The summed E-state index contributed by atoms with van der Waals surface area (Å²) in [5.74, 6) is 1.58. The van der Waals surface area contributed by atoms with Crippen molar-refractivity contribution >= 4 is 28.2 Å². The minimum atomic E-state index is -0.0988. The third-order valence-electron chi connectivity index (χ3n) is 3.66. The zero-order chi connectivity index (χ0) is 14.0. The Morgan fingerprint density at radius 1 is 1.63 bits per heavy atom. The number of nitrogens with two attached hydrogens (primary N) is 1. The van der Waals surface area contributed by atoms with Crippen molar-refractivity contribution in [3.63, 3.8) is 0 Å². The fourth-order valence-electron chi connectivity index (χ4n) is 1.95. The summed E-state index contributed by atoms with van der Waals surface area (Å²) in [7, 11) is 1.94. The van der Waals surface area contributed by atoms with E-state index in [2.05, 4.69) is 17.2 Å². The predicted octanol–water partition coefficient (Wildman–Crippen LogP) is 1.96. The van der Waals surface area contributed by atoms with Crippen LogP contribution in [0, 0.1) is 11.8 Å². The van der Waals surface area contributed by atoms with Crippen LogP contribution in [-0.2, 0) is 0 Å². The molecule has 1 heterocycles. The van der Waals surface area contributed by atoms with E-state index >= 15 is 0 Å². The van der Waals surface area contributed by atoms with Crippen LogP contribution in [0.25, 0.3) is 0 Å². The third-order valence-corrected chi connectivity index (χ3v) is 4.84. The molecule has 0 radical (unpaired) electrons. The van der Waals surface area contributed by atoms with E-state index in [9.17, 15) is 4.79 Å². The van der Waals surface area contributed by atoms with Crippen LogP contribution in [0.15, 0.2) is 0 Å². The Kier molecular flexibility index (Phi) is 4.29. The zero-order valence-electron chi connectivity index (χ0n) is 11.8. The minimum Gasteiger partial charge on any atom is -0.382 e. The van der Waals surface area contributed by atoms with Crippen LogP contribution in [-0.4, -0.2) is 31.0 Å². The standard InChI is InChI=1S/C13H22N4OS/c1-4-17(3)13-16-11(14)10(19-13)12(18)15-7-8(2)9-5-6-9/h8-9H,4-7,14H2,1-3H3,(H,15,18). The number of amides is 1. The summed E-state index contributed by atoms with van der Waals surface area (Å²) in [6.45, 7) is 5.78. The number of nitrogens with one attached hydrogen (secondary N) is 1. The van der Waals surface area contributed by atoms with Crippen LogP contribution in [0.3, 0.4) is 0 Å². The smallest absolute Gasteiger partial charge is 0.265 e. The average molecular weight is 282 g/mol. The maximum absolute atomic E-state index is 12.1. The van der Waals surface area contributed by atoms with E-state index in [0.29, 0.717) is 16.6 Å². The number of nitrogen functional groups attached to an aromatic ring is 1. The van der Waals surface area contributed by atoms with Crippen LogP contribution >= 0.6 is 11.3 Å². The Labute approximate surface area is 118 Å². The lowest BCUT2D eigenvalue weighted by Gasteiger charge is -2.11. The SMILES string of the molecule is CCN(C)c1nc(N)c(C(=O)NCC(C)C2CC2)s1. The maximum Gasteiger partial charge on any atom is 0.265 e. The van der Waals surface area contributed by atoms with Gasteiger partial charge in [0.1, 0.15) is 10.7 Å². The van der Waals surface area contributed by atoms with Gasteiger partial charge in [-0.1, -0.05) is 18.3 Å². The number of carbonyl (C=O) groups is 1. The molecule has 1 unspecified atom stereocenters. The van der Waals surface area contributed by atoms with E-state index in [4.69, 9.17) is 5.73 Å². The molecule has 3 N–H and O–H groups in total. The molecule has 1 aromatic rings. The highest BCUT2D eigenvalue weighted by molar-refractivity contribution is 7.18. The van der Waals surface area contributed by atoms with E-state index in [1.807, 2.05) is 18.9 Å². The molecule has 2 rings (SSSR count). The van der Waals surface area contributed by atoms with Crippen molar-refractivity contribution in [2.45, 2.75) is 26.7 Å². The van der Waals surface area contributed by atoms with Gasteiger partial charge in [-0.05, 0) is 31.6 Å². The molecule has 6 heteroatoms. The lowest BCUT2D eigenvalue weighted by atomic mass is 10.1. The van der Waals surface area contributed by atoms with Gasteiger partial charge in [-0.15, -0.1) is 0 Å². The van der Waals surface area contributed by atoms with Gasteiger partial charge >= 0.3 is 0 Å². The summed E-state index contributed by atoms with van der Waals surface area (Å²) in [5, 5.41) is 3.76. The van der Waals surface area contributed by atoms with Crippen LogP contribution in [0.1, 0.15) is 36.4 Å². The Bertz CT molecular complexity index is 455. The number of hydrogen-bond acceptors (Lipinski definition) is 5. The summed E-state index contributed by atoms with van der Waals surface area (Å²) in [5.41, 5.74) is 5.83. The van der Waals surface area contributed by atoms with Crippen molar-refractivity contribution in [3.05, 3.63) is 4.88 Å². The largest absolute Gasteiger partial charge is 0.382 e. The number of thiazole rings is 1. The molecule has 19 heavy (non-hydrogen) atoms. The van der Waals surface area contributed by atoms with Crippen LogP contribution in [0.2, 0.25) is 0 Å². The van der Waals surface area contributed by atoms with Crippen LogP contribution in [0.5, 0.6) is 0 Å². The minimum absolute atomic E-state index is 0.0988. The molecule has 1 fully saturated rings. The summed E-state index contributed by atoms with van der Waals surface area (Å²) < 4.78 is 0. The summed E-state index contributed by atoms with van der Waals surface area (Å²) in [4.78, 5) is 18.8. The van der Waals surface area contributed by atoms with E-state index < -0.39 is 0 Å². The molecule has 0 aromatic carbocycles. The lowest BCUT2D eigenvalue weighted by molar-refractivity contribution is 0.0951. The fourth-order valence-corrected chi connectivity index (χ4v) is 2.87. The second-order valence-electron chi connectivity index (χ2n) is 5.25. The van der Waals surface area contributed by atoms with Gasteiger partial charge < -0.3 is 16.0 Å². The van der Waals surface area contributed by atoms with Crippen molar-refractivity contribution in [1.29, 1.82) is 0 Å². The summed E-state index contributed by atoms with van der Waals surface area (Å²) in [6.07, 6.45) is 2.59. The molecule has 0 bridgehead atoms. The zero-order valence-corrected chi connectivity index (χ0v) is 12.6. The third kappa shape index (κ3) is 3.37. The normalized spacial score (nSPS) is 16.2. The van der Waals surface area contributed by atoms with Crippen molar-refractivity contribution in [2.24, 2.45) is 11.8 Å². The molecular formula is C13H22N4OS. The Morgan fingerprint density at radius 3 is 2.89 bits per heavy atom. The van der Waals surface area contributed by atoms with Crippen LogP contribution < -0.4 is 16.0 Å². The van der Waals surface area contributed by atoms with Gasteiger partial charge in [0.15, 0.2) is 5.13 Å². The molecule has 1 aromatic heterocycles. The Morgan fingerprint density at radius 2 is 2.32 bits per heavy atom. The molecule has 0 aliphatic heterocycles. The number of aromatic nitrogens is 1. The van der Waals surface area contributed by atoms with Gasteiger partial charge in [-0.2, -0.15) is 0 Å². The van der Waals surface area contributed by atoms with E-state index in [0.717, 1.165) is 24.1 Å². The van der Waals surface area contributed by atoms with Gasteiger partial charge in [0, 0.05) is 20.1 Å². The van der Waals surface area contributed by atoms with Gasteiger partial charge in [-0.25, -0.2) is 4.98 Å². The first kappa shape index (κ1) is 14.1. The Hall–Kier alpha value is -1.30. The van der Waals surface area contributed by atoms with Crippen molar-refractivity contribution < 1.29 is 4.79 Å². The Balaban J connectivity index is 1.96. The molecule has 0 saturated heterocycles. The first-order chi connectivity index (χ1) is 9.02. The summed E-state index contributed by atoms with van der Waals surface area (Å²) in [6, 6.07) is 0. The first-order valence-electron chi connectivity index (χ1n) is 6.78. The number of hydrogen-bond donors (Lipinski definition) is 2. The van der Waals surface area contributed by atoms with Gasteiger partial charge in [0.2, 0.25) is 0 Å². The molecule has 1 aliphatic rings. The quantitative estimate of drug-likeness (QED) is 0.836. The summed E-state index contributed by atoms with van der Waals surface area (Å²) >= 11 is 1.35. The number of carbonyl (C=O) groups excluding carboxylic acids is 1. The van der Waals surface area contributed by atoms with Crippen molar-refractivity contribution in [3.8, 4) is 0 Å². The van der Waals surface area contributed by atoms with Gasteiger partial charge in [0.25, 0.3) is 5.91 Å². The highest BCUT2D eigenvalue weighted by Gasteiger charge is 2.28. The van der Waals surface area contributed by atoms with Gasteiger partial charge in [-0.3, -0.25) is 4.79 Å². The molecule has 5 nitrogen and oxygen atoms in total. The molecule has 106 valence electrons. The molecule has 1 saturated carbocycles. The number of rotatable bonds is 6. The highest BCUT2D eigenvalue weighted by Crippen LogP contribution is 2.36. The van der Waals surface area contributed by atoms with E-state index in [1.165, 1.54) is 24.2 Å². The predicted molar refractivity (Wildman–Crippen MR) is 79.7 cm³/mol. The molecular weight excluding hydrogens is 260 g/mol. The maximum atomic E-state index is 12.1. The number of anilines is 2. The first-order valence-corrected chi connectivity index (χ1v) is 7.60. The topological polar surface area (TPSA) is 71.2 Å². The van der Waals surface area contributed by atoms with Gasteiger partial charge in [0.05, 0.1) is 0 Å². The highest BCUT2D eigenvalue weighted by atomic mass is 32.1. The molecule has 1 amide bonds. The van der Waals surface area contributed by atoms with Crippen LogP contribution in [0.4, 0.5) is 10.9 Å². The fraction of sp³-hybridized carbons (Fsp3) is 0.692. The molecule has 1 atom stereocenters. The lowest BCUT2D eigenvalue weighted by Crippen LogP contribution is -2.28. The van der Waals surface area contributed by atoms with Crippen molar-refractivity contribution in [1.82, 2.24) is 10.3 Å². The second-order valence-corrected chi connectivity index (χ2v) is 6.23. The van der Waals surface area contributed by atoms with Crippen molar-refractivity contribution in [2.75, 3.05) is 30.8 Å². The average Bonchev–Trinajstić information content (AvgIpc) is 3.17. The second kappa shape index (κ2) is 5.77. The van der Waals surface area contributed by atoms with E-state index in [-0.39, 0.29) is 5.91 Å². The molecule has 1 aliphatic carbocycles. The number of nitrogens with zero attached hydrogens (tertiary/aromatic N) is 2. The monoisotopic (exact) mass is 282 g/mol. The van der Waals surface area contributed by atoms with E-state index in [1.54, 1.807) is 0 Å².